The fraction of sp³-hybridized carbons (Fsp3) is 0.417. The van der Waals surface area contributed by atoms with E-state index in [4.69, 9.17) is 0 Å². The van der Waals surface area contributed by atoms with Gasteiger partial charge in [0.2, 0.25) is 5.91 Å². The lowest BCUT2D eigenvalue weighted by molar-refractivity contribution is -0.123. The number of hydrogen-bond donors (Lipinski definition) is 3. The van der Waals surface area contributed by atoms with Crippen LogP contribution >= 0.6 is 0 Å². The van der Waals surface area contributed by atoms with Crippen LogP contribution in [-0.4, -0.2) is 24.9 Å². The number of aryl methyl sites for hydroxylation is 1. The molecule has 2 aromatic rings. The van der Waals surface area contributed by atoms with Crippen LogP contribution in [0.15, 0.2) is 48.5 Å². The SMILES string of the molecule is Cc1ccc(CNC(=O)c2cccc(CNC(=O)C3CC34CCNCC4)c2)cc1. The lowest BCUT2D eigenvalue weighted by Gasteiger charge is -2.23. The van der Waals surface area contributed by atoms with Crippen molar-refractivity contribution in [3.8, 4) is 0 Å². The number of nitrogens with one attached hydrogen (secondary N) is 3. The van der Waals surface area contributed by atoms with Crippen molar-refractivity contribution in [3.63, 3.8) is 0 Å². The number of amides is 2. The molecule has 29 heavy (non-hydrogen) atoms. The van der Waals surface area contributed by atoms with Crippen LogP contribution in [0.25, 0.3) is 0 Å². The summed E-state index contributed by atoms with van der Waals surface area (Å²) in [4.78, 5) is 25.0. The number of rotatable bonds is 6. The molecule has 1 saturated heterocycles. The summed E-state index contributed by atoms with van der Waals surface area (Å²) < 4.78 is 0. The zero-order chi connectivity index (χ0) is 20.3. The summed E-state index contributed by atoms with van der Waals surface area (Å²) in [6.45, 7) is 5.04. The Morgan fingerprint density at radius 2 is 1.72 bits per heavy atom. The van der Waals surface area contributed by atoms with E-state index in [-0.39, 0.29) is 23.1 Å². The predicted molar refractivity (Wildman–Crippen MR) is 113 cm³/mol. The number of piperidine rings is 1. The third-order valence-electron chi connectivity index (χ3n) is 6.34. The van der Waals surface area contributed by atoms with E-state index in [1.54, 1.807) is 6.07 Å². The number of carbonyl (C=O) groups excluding carboxylic acids is 2. The lowest BCUT2D eigenvalue weighted by Crippen LogP contribution is -2.33. The highest BCUT2D eigenvalue weighted by Crippen LogP contribution is 2.58. The van der Waals surface area contributed by atoms with Crippen molar-refractivity contribution in [1.29, 1.82) is 0 Å². The smallest absolute Gasteiger partial charge is 0.251 e. The van der Waals surface area contributed by atoms with Gasteiger partial charge in [-0.25, -0.2) is 0 Å². The fourth-order valence-corrected chi connectivity index (χ4v) is 4.32. The minimum Gasteiger partial charge on any atom is -0.352 e. The van der Waals surface area contributed by atoms with Crippen molar-refractivity contribution >= 4 is 11.8 Å². The number of benzene rings is 2. The Bertz CT molecular complexity index is 885. The van der Waals surface area contributed by atoms with Crippen LogP contribution in [0.3, 0.4) is 0 Å². The molecular weight excluding hydrogens is 362 g/mol. The molecule has 152 valence electrons. The van der Waals surface area contributed by atoms with Crippen LogP contribution in [0, 0.1) is 18.3 Å². The molecule has 0 bridgehead atoms. The summed E-state index contributed by atoms with van der Waals surface area (Å²) in [6.07, 6.45) is 3.21. The quantitative estimate of drug-likeness (QED) is 0.709. The Hall–Kier alpha value is -2.66. The van der Waals surface area contributed by atoms with Gasteiger partial charge >= 0.3 is 0 Å². The molecule has 1 spiro atoms. The Morgan fingerprint density at radius 3 is 2.48 bits per heavy atom. The van der Waals surface area contributed by atoms with Crippen molar-refractivity contribution in [2.24, 2.45) is 11.3 Å². The maximum Gasteiger partial charge on any atom is 0.251 e. The average molecular weight is 392 g/mol. The molecule has 2 aromatic carbocycles. The lowest BCUT2D eigenvalue weighted by atomic mass is 9.92. The monoisotopic (exact) mass is 391 g/mol. The molecule has 0 aromatic heterocycles. The van der Waals surface area contributed by atoms with Gasteiger partial charge in [-0.1, -0.05) is 42.0 Å². The van der Waals surface area contributed by atoms with Gasteiger partial charge in [0.25, 0.3) is 5.91 Å². The molecule has 4 rings (SSSR count). The first-order valence-corrected chi connectivity index (χ1v) is 10.5. The molecule has 1 aliphatic carbocycles. The highest BCUT2D eigenvalue weighted by Gasteiger charge is 2.57. The maximum absolute atomic E-state index is 12.5. The van der Waals surface area contributed by atoms with Crippen LogP contribution in [-0.2, 0) is 17.9 Å². The highest BCUT2D eigenvalue weighted by molar-refractivity contribution is 5.94. The normalized spacial score (nSPS) is 19.6. The van der Waals surface area contributed by atoms with Crippen LogP contribution in [0.5, 0.6) is 0 Å². The maximum atomic E-state index is 12.5. The molecule has 1 heterocycles. The molecule has 5 heteroatoms. The zero-order valence-corrected chi connectivity index (χ0v) is 17.0. The highest BCUT2D eigenvalue weighted by atomic mass is 16.2. The van der Waals surface area contributed by atoms with Gasteiger partial charge in [-0.05, 0) is 68.0 Å². The first-order valence-electron chi connectivity index (χ1n) is 10.5. The fourth-order valence-electron chi connectivity index (χ4n) is 4.32. The average Bonchev–Trinajstić information content (AvgIpc) is 3.44. The van der Waals surface area contributed by atoms with E-state index in [1.165, 1.54) is 5.56 Å². The summed E-state index contributed by atoms with van der Waals surface area (Å²) in [6, 6.07) is 15.6. The largest absolute Gasteiger partial charge is 0.352 e. The molecule has 1 saturated carbocycles. The molecule has 2 amide bonds. The topological polar surface area (TPSA) is 70.2 Å². The van der Waals surface area contributed by atoms with E-state index in [0.717, 1.165) is 43.5 Å². The molecule has 1 aliphatic heterocycles. The zero-order valence-electron chi connectivity index (χ0n) is 17.0. The number of hydrogen-bond acceptors (Lipinski definition) is 3. The summed E-state index contributed by atoms with van der Waals surface area (Å²) in [5, 5.41) is 9.40. The Morgan fingerprint density at radius 1 is 1.00 bits per heavy atom. The second-order valence-corrected chi connectivity index (χ2v) is 8.46. The standard InChI is InChI=1S/C24H29N3O2/c1-17-5-7-18(8-6-17)15-26-22(28)20-4-2-3-19(13-20)16-27-23(29)21-14-24(21)9-11-25-12-10-24/h2-8,13,21,25H,9-12,14-16H2,1H3,(H,26,28)(H,27,29). The molecule has 2 fully saturated rings. The van der Waals surface area contributed by atoms with Crippen molar-refractivity contribution in [3.05, 3.63) is 70.8 Å². The van der Waals surface area contributed by atoms with Crippen molar-refractivity contribution in [1.82, 2.24) is 16.0 Å². The van der Waals surface area contributed by atoms with E-state index >= 15 is 0 Å². The van der Waals surface area contributed by atoms with Gasteiger partial charge in [-0.2, -0.15) is 0 Å². The molecule has 2 aliphatic rings. The third kappa shape index (κ3) is 4.67. The van der Waals surface area contributed by atoms with E-state index in [1.807, 2.05) is 49.4 Å². The van der Waals surface area contributed by atoms with E-state index in [2.05, 4.69) is 16.0 Å². The van der Waals surface area contributed by atoms with Gasteiger partial charge < -0.3 is 16.0 Å². The minimum absolute atomic E-state index is 0.102. The predicted octanol–water partition coefficient (Wildman–Crippen LogP) is 2.93. The minimum atomic E-state index is -0.102. The second kappa shape index (κ2) is 8.37. The first-order chi connectivity index (χ1) is 14.1. The van der Waals surface area contributed by atoms with Gasteiger partial charge in [0.1, 0.15) is 0 Å². The summed E-state index contributed by atoms with van der Waals surface area (Å²) in [5.41, 5.74) is 4.08. The van der Waals surface area contributed by atoms with E-state index in [0.29, 0.717) is 18.7 Å². The molecule has 3 N–H and O–H groups in total. The van der Waals surface area contributed by atoms with E-state index < -0.39 is 0 Å². The summed E-state index contributed by atoms with van der Waals surface area (Å²) >= 11 is 0. The van der Waals surface area contributed by atoms with Crippen LogP contribution in [0.2, 0.25) is 0 Å². The Kier molecular flexibility index (Phi) is 5.67. The first kappa shape index (κ1) is 19.6. The Labute approximate surface area is 172 Å². The van der Waals surface area contributed by atoms with Gasteiger partial charge in [-0.15, -0.1) is 0 Å². The molecule has 0 radical (unpaired) electrons. The van der Waals surface area contributed by atoms with Gasteiger partial charge in [0.05, 0.1) is 0 Å². The molecular formula is C24H29N3O2. The van der Waals surface area contributed by atoms with Crippen LogP contribution in [0.4, 0.5) is 0 Å². The van der Waals surface area contributed by atoms with E-state index in [9.17, 15) is 9.59 Å². The molecule has 5 nitrogen and oxygen atoms in total. The van der Waals surface area contributed by atoms with Crippen molar-refractivity contribution in [2.45, 2.75) is 39.3 Å². The van der Waals surface area contributed by atoms with Crippen LogP contribution < -0.4 is 16.0 Å². The molecule has 1 unspecified atom stereocenters. The summed E-state index contributed by atoms with van der Waals surface area (Å²) in [7, 11) is 0. The van der Waals surface area contributed by atoms with Crippen LogP contribution in [0.1, 0.15) is 46.3 Å². The summed E-state index contributed by atoms with van der Waals surface area (Å²) in [5.74, 6) is 0.210. The van der Waals surface area contributed by atoms with Crippen molar-refractivity contribution < 1.29 is 9.59 Å². The Balaban J connectivity index is 1.28. The second-order valence-electron chi connectivity index (χ2n) is 8.46. The van der Waals surface area contributed by atoms with Gasteiger partial charge in [0.15, 0.2) is 0 Å². The van der Waals surface area contributed by atoms with Gasteiger partial charge in [-0.3, -0.25) is 9.59 Å². The molecule has 1 atom stereocenters. The third-order valence-corrected chi connectivity index (χ3v) is 6.34. The number of carbonyl (C=O) groups is 2. The van der Waals surface area contributed by atoms with Crippen molar-refractivity contribution in [2.75, 3.05) is 13.1 Å². The van der Waals surface area contributed by atoms with Gasteiger partial charge in [0, 0.05) is 24.6 Å².